The molecule has 4 nitrogen and oxygen atoms in total. The molecule has 2 N–H and O–H groups in total. The monoisotopic (exact) mass is 237 g/mol. The first-order chi connectivity index (χ1) is 7.95. The second-order valence-electron chi connectivity index (χ2n) is 4.48. The van der Waals surface area contributed by atoms with Crippen LogP contribution in [0.1, 0.15) is 49.5 Å². The first kappa shape index (κ1) is 13.5. The summed E-state index contributed by atoms with van der Waals surface area (Å²) < 4.78 is 5.69. The van der Waals surface area contributed by atoms with E-state index in [2.05, 4.69) is 18.7 Å². The van der Waals surface area contributed by atoms with Crippen molar-refractivity contribution in [3.63, 3.8) is 0 Å². The van der Waals surface area contributed by atoms with E-state index < -0.39 is 5.97 Å². The Morgan fingerprint density at radius 2 is 1.88 bits per heavy atom. The second kappa shape index (κ2) is 5.68. The van der Waals surface area contributed by atoms with Gasteiger partial charge in [0.05, 0.1) is 11.7 Å². The molecule has 94 valence electrons. The van der Waals surface area contributed by atoms with Crippen molar-refractivity contribution < 1.29 is 14.4 Å². The smallest absolute Gasteiger partial charge is 0.356 e. The third-order valence-corrected chi connectivity index (χ3v) is 2.34. The molecule has 0 aromatic heterocycles. The Bertz CT molecular complexity index is 400. The average molecular weight is 237 g/mol. The summed E-state index contributed by atoms with van der Waals surface area (Å²) in [7, 11) is 0. The topological polar surface area (TPSA) is 61.5 Å². The van der Waals surface area contributed by atoms with Gasteiger partial charge in [0.1, 0.15) is 5.75 Å². The van der Waals surface area contributed by atoms with Crippen molar-refractivity contribution in [2.75, 3.05) is 0 Å². The molecule has 0 saturated carbocycles. The fraction of sp³-hybridized carbons (Fsp3) is 0.462. The van der Waals surface area contributed by atoms with Crippen LogP contribution in [-0.4, -0.2) is 12.1 Å². The molecular formula is C13H19NO3. The van der Waals surface area contributed by atoms with E-state index in [0.29, 0.717) is 17.2 Å². The summed E-state index contributed by atoms with van der Waals surface area (Å²) in [4.78, 5) is 15.5. The number of nitrogens with two attached hydrogens (primary N) is 1. The van der Waals surface area contributed by atoms with Gasteiger partial charge < -0.3 is 9.57 Å². The van der Waals surface area contributed by atoms with E-state index >= 15 is 0 Å². The Morgan fingerprint density at radius 3 is 2.35 bits per heavy atom. The van der Waals surface area contributed by atoms with Crippen LogP contribution in [0, 0.1) is 0 Å². The number of hydrogen-bond acceptors (Lipinski definition) is 4. The van der Waals surface area contributed by atoms with Crippen LogP contribution in [0.25, 0.3) is 0 Å². The van der Waals surface area contributed by atoms with Crippen molar-refractivity contribution in [3.8, 4) is 5.75 Å². The molecule has 0 amide bonds. The van der Waals surface area contributed by atoms with Crippen LogP contribution in [0.15, 0.2) is 18.2 Å². The van der Waals surface area contributed by atoms with Crippen LogP contribution in [0.4, 0.5) is 0 Å². The first-order valence-electron chi connectivity index (χ1n) is 5.67. The molecule has 1 aromatic rings. The molecule has 17 heavy (non-hydrogen) atoms. The van der Waals surface area contributed by atoms with Gasteiger partial charge in [-0.3, -0.25) is 0 Å². The minimum atomic E-state index is -0.561. The van der Waals surface area contributed by atoms with Gasteiger partial charge in [-0.25, -0.2) is 4.79 Å². The number of carbonyl (C=O) groups excluding carboxylic acids is 1. The van der Waals surface area contributed by atoms with Crippen LogP contribution in [0.2, 0.25) is 0 Å². The van der Waals surface area contributed by atoms with E-state index in [-0.39, 0.29) is 6.10 Å². The summed E-state index contributed by atoms with van der Waals surface area (Å²) in [6, 6.07) is 5.23. The van der Waals surface area contributed by atoms with Gasteiger partial charge in [-0.2, -0.15) is 5.90 Å². The van der Waals surface area contributed by atoms with E-state index in [9.17, 15) is 4.79 Å². The molecule has 0 radical (unpaired) electrons. The Kier molecular flexibility index (Phi) is 4.52. The van der Waals surface area contributed by atoms with Gasteiger partial charge in [0.25, 0.3) is 0 Å². The molecule has 0 unspecified atom stereocenters. The van der Waals surface area contributed by atoms with Crippen LogP contribution < -0.4 is 10.6 Å². The maximum atomic E-state index is 11.3. The van der Waals surface area contributed by atoms with Gasteiger partial charge in [0.15, 0.2) is 0 Å². The van der Waals surface area contributed by atoms with Gasteiger partial charge in [-0.15, -0.1) is 0 Å². The largest absolute Gasteiger partial charge is 0.491 e. The quantitative estimate of drug-likeness (QED) is 0.818. The van der Waals surface area contributed by atoms with E-state index in [1.54, 1.807) is 12.1 Å². The normalized spacial score (nSPS) is 10.8. The molecule has 0 heterocycles. The summed E-state index contributed by atoms with van der Waals surface area (Å²) in [6.07, 6.45) is 0.0525. The van der Waals surface area contributed by atoms with Crippen molar-refractivity contribution in [3.05, 3.63) is 29.3 Å². The van der Waals surface area contributed by atoms with E-state index in [0.717, 1.165) is 5.56 Å². The molecule has 0 aliphatic heterocycles. The predicted octanol–water partition coefficient (Wildman–Crippen LogP) is 2.63. The lowest BCUT2D eigenvalue weighted by Crippen LogP contribution is -2.12. The molecule has 0 fully saturated rings. The number of ether oxygens (including phenoxy) is 1. The molecule has 1 rings (SSSR count). The minimum absolute atomic E-state index is 0.0525. The van der Waals surface area contributed by atoms with Crippen LogP contribution in [-0.2, 0) is 4.84 Å². The number of hydrogen-bond donors (Lipinski definition) is 1. The molecule has 1 aromatic carbocycles. The lowest BCUT2D eigenvalue weighted by Gasteiger charge is -2.17. The maximum absolute atomic E-state index is 11.3. The second-order valence-corrected chi connectivity index (χ2v) is 4.48. The van der Waals surface area contributed by atoms with Crippen LogP contribution in [0.3, 0.4) is 0 Å². The summed E-state index contributed by atoms with van der Waals surface area (Å²) in [5.74, 6) is 5.33. The lowest BCUT2D eigenvalue weighted by molar-refractivity contribution is 0.0502. The standard InChI is InChI=1S/C13H19NO3/c1-8(2)11-6-5-10(13(15)17-14)7-12(11)16-9(3)4/h5-9H,14H2,1-4H3. The van der Waals surface area contributed by atoms with Gasteiger partial charge in [-0.05, 0) is 37.5 Å². The number of benzene rings is 1. The Morgan fingerprint density at radius 1 is 1.24 bits per heavy atom. The van der Waals surface area contributed by atoms with Gasteiger partial charge in [0, 0.05) is 0 Å². The molecule has 0 atom stereocenters. The highest BCUT2D eigenvalue weighted by molar-refractivity contribution is 5.89. The van der Waals surface area contributed by atoms with Crippen molar-refractivity contribution in [2.45, 2.75) is 39.7 Å². The van der Waals surface area contributed by atoms with E-state index in [4.69, 9.17) is 10.6 Å². The number of carbonyl (C=O) groups is 1. The van der Waals surface area contributed by atoms with Crippen molar-refractivity contribution >= 4 is 5.97 Å². The zero-order valence-electron chi connectivity index (χ0n) is 10.7. The Hall–Kier alpha value is -1.55. The van der Waals surface area contributed by atoms with Gasteiger partial charge >= 0.3 is 5.97 Å². The average Bonchev–Trinajstić information content (AvgIpc) is 2.26. The van der Waals surface area contributed by atoms with Crippen molar-refractivity contribution in [1.82, 2.24) is 0 Å². The molecule has 0 aliphatic rings. The summed E-state index contributed by atoms with van der Waals surface area (Å²) in [6.45, 7) is 8.03. The number of rotatable bonds is 4. The van der Waals surface area contributed by atoms with Crippen molar-refractivity contribution in [1.29, 1.82) is 0 Å². The molecular weight excluding hydrogens is 218 g/mol. The molecule has 0 aliphatic carbocycles. The first-order valence-corrected chi connectivity index (χ1v) is 5.67. The highest BCUT2D eigenvalue weighted by Gasteiger charge is 2.14. The molecule has 0 bridgehead atoms. The third kappa shape index (κ3) is 3.46. The van der Waals surface area contributed by atoms with Gasteiger partial charge in [-0.1, -0.05) is 19.9 Å². The van der Waals surface area contributed by atoms with Crippen molar-refractivity contribution in [2.24, 2.45) is 5.90 Å². The highest BCUT2D eigenvalue weighted by Crippen LogP contribution is 2.28. The molecule has 0 spiro atoms. The van der Waals surface area contributed by atoms with E-state index in [1.807, 2.05) is 19.9 Å². The predicted molar refractivity (Wildman–Crippen MR) is 65.9 cm³/mol. The molecule has 4 heteroatoms. The Balaban J connectivity index is 3.14. The highest BCUT2D eigenvalue weighted by atomic mass is 16.7. The summed E-state index contributed by atoms with van der Waals surface area (Å²) in [5, 5.41) is 0. The Labute approximate surface area is 102 Å². The summed E-state index contributed by atoms with van der Waals surface area (Å²) in [5.41, 5.74) is 1.46. The fourth-order valence-corrected chi connectivity index (χ4v) is 1.56. The summed E-state index contributed by atoms with van der Waals surface area (Å²) >= 11 is 0. The van der Waals surface area contributed by atoms with Crippen LogP contribution in [0.5, 0.6) is 5.75 Å². The molecule has 0 saturated heterocycles. The SMILES string of the molecule is CC(C)Oc1cc(C(=O)ON)ccc1C(C)C. The fourth-order valence-electron chi connectivity index (χ4n) is 1.56. The zero-order valence-corrected chi connectivity index (χ0v) is 10.7. The lowest BCUT2D eigenvalue weighted by atomic mass is 10.00. The van der Waals surface area contributed by atoms with Crippen LogP contribution >= 0.6 is 0 Å². The minimum Gasteiger partial charge on any atom is -0.491 e. The van der Waals surface area contributed by atoms with Gasteiger partial charge in [0.2, 0.25) is 0 Å². The third-order valence-electron chi connectivity index (χ3n) is 2.34. The zero-order chi connectivity index (χ0) is 13.0. The van der Waals surface area contributed by atoms with E-state index in [1.165, 1.54) is 0 Å². The maximum Gasteiger partial charge on any atom is 0.356 e.